The first-order chi connectivity index (χ1) is 17.0. The third-order valence-corrected chi connectivity index (χ3v) is 5.04. The van der Waals surface area contributed by atoms with E-state index in [1.165, 1.54) is 18.4 Å². The molecule has 4 aromatic rings. The number of rotatable bonds is 10. The maximum absolute atomic E-state index is 12.4. The number of methoxy groups -OCH3 is 1. The molecule has 0 aliphatic rings. The highest BCUT2D eigenvalue weighted by Gasteiger charge is 2.15. The first kappa shape index (κ1) is 23.6. The van der Waals surface area contributed by atoms with Crippen LogP contribution >= 0.6 is 0 Å². The van der Waals surface area contributed by atoms with Crippen LogP contribution in [0, 0.1) is 0 Å². The van der Waals surface area contributed by atoms with Gasteiger partial charge in [-0.2, -0.15) is 0 Å². The quantitative estimate of drug-likeness (QED) is 0.157. The standard InChI is InChI=1S/C26H23NO8/c1-31-18-8-10-19(11-9-18)32-13-3-5-24(28)34-20-7-6-17-14-22(26(30)35-23(17)15-20)25(29)27-16-21-4-2-12-33-21/h2,4,6-12,14-15H,3,5,13,16H2,1H3,(H,27,29). The Balaban J connectivity index is 1.30. The Labute approximate surface area is 200 Å². The van der Waals surface area contributed by atoms with E-state index >= 15 is 0 Å². The monoisotopic (exact) mass is 477 g/mol. The van der Waals surface area contributed by atoms with Crippen LogP contribution in [-0.4, -0.2) is 25.6 Å². The molecule has 1 amide bonds. The van der Waals surface area contributed by atoms with Gasteiger partial charge in [0.05, 0.1) is 26.5 Å². The van der Waals surface area contributed by atoms with Crippen molar-refractivity contribution in [1.82, 2.24) is 5.32 Å². The van der Waals surface area contributed by atoms with E-state index < -0.39 is 17.5 Å². The van der Waals surface area contributed by atoms with Crippen molar-refractivity contribution in [3.8, 4) is 17.2 Å². The van der Waals surface area contributed by atoms with Crippen LogP contribution in [0.1, 0.15) is 29.0 Å². The summed E-state index contributed by atoms with van der Waals surface area (Å²) in [6.45, 7) is 0.488. The predicted molar refractivity (Wildman–Crippen MR) is 126 cm³/mol. The molecule has 35 heavy (non-hydrogen) atoms. The lowest BCUT2D eigenvalue weighted by Crippen LogP contribution is -2.27. The van der Waals surface area contributed by atoms with E-state index in [2.05, 4.69) is 5.32 Å². The van der Waals surface area contributed by atoms with Crippen molar-refractivity contribution in [3.63, 3.8) is 0 Å². The smallest absolute Gasteiger partial charge is 0.349 e. The van der Waals surface area contributed by atoms with Crippen LogP contribution in [-0.2, 0) is 11.3 Å². The zero-order chi connectivity index (χ0) is 24.6. The average molecular weight is 477 g/mol. The van der Waals surface area contributed by atoms with E-state index in [4.69, 9.17) is 23.0 Å². The van der Waals surface area contributed by atoms with Gasteiger partial charge in [-0.15, -0.1) is 0 Å². The molecule has 0 saturated carbocycles. The summed E-state index contributed by atoms with van der Waals surface area (Å²) < 4.78 is 26.5. The van der Waals surface area contributed by atoms with Gasteiger partial charge in [0, 0.05) is 17.9 Å². The van der Waals surface area contributed by atoms with Gasteiger partial charge in [0.25, 0.3) is 5.91 Å². The van der Waals surface area contributed by atoms with Crippen LogP contribution in [0.3, 0.4) is 0 Å². The zero-order valence-corrected chi connectivity index (χ0v) is 18.9. The third kappa shape index (κ3) is 6.29. The largest absolute Gasteiger partial charge is 0.497 e. The summed E-state index contributed by atoms with van der Waals surface area (Å²) in [6.07, 6.45) is 2.10. The summed E-state index contributed by atoms with van der Waals surface area (Å²) in [5, 5.41) is 3.12. The molecule has 0 bridgehead atoms. The van der Waals surface area contributed by atoms with Gasteiger partial charge >= 0.3 is 11.6 Å². The van der Waals surface area contributed by atoms with E-state index in [0.29, 0.717) is 29.9 Å². The highest BCUT2D eigenvalue weighted by Crippen LogP contribution is 2.21. The Morgan fingerprint density at radius 3 is 2.49 bits per heavy atom. The molecule has 9 nitrogen and oxygen atoms in total. The van der Waals surface area contributed by atoms with Crippen LogP contribution < -0.4 is 25.2 Å². The van der Waals surface area contributed by atoms with Crippen molar-refractivity contribution in [1.29, 1.82) is 0 Å². The second kappa shape index (κ2) is 11.1. The highest BCUT2D eigenvalue weighted by molar-refractivity contribution is 5.96. The fraction of sp³-hybridized carbons (Fsp3) is 0.192. The van der Waals surface area contributed by atoms with Crippen molar-refractivity contribution >= 4 is 22.8 Å². The molecular weight excluding hydrogens is 454 g/mol. The van der Waals surface area contributed by atoms with Gasteiger partial charge < -0.3 is 28.4 Å². The van der Waals surface area contributed by atoms with Crippen molar-refractivity contribution < 1.29 is 32.6 Å². The summed E-state index contributed by atoms with van der Waals surface area (Å²) in [5.74, 6) is 1.18. The molecule has 4 rings (SSSR count). The number of ether oxygens (including phenoxy) is 3. The van der Waals surface area contributed by atoms with Gasteiger partial charge in [-0.25, -0.2) is 4.79 Å². The minimum Gasteiger partial charge on any atom is -0.497 e. The van der Waals surface area contributed by atoms with Crippen LogP contribution in [0.5, 0.6) is 17.2 Å². The Kier molecular flexibility index (Phi) is 7.47. The van der Waals surface area contributed by atoms with Crippen LogP contribution in [0.2, 0.25) is 0 Å². The summed E-state index contributed by atoms with van der Waals surface area (Å²) >= 11 is 0. The Morgan fingerprint density at radius 2 is 1.74 bits per heavy atom. The lowest BCUT2D eigenvalue weighted by atomic mass is 10.1. The first-order valence-electron chi connectivity index (χ1n) is 10.9. The van der Waals surface area contributed by atoms with Gasteiger partial charge in [-0.05, 0) is 61.0 Å². The van der Waals surface area contributed by atoms with Gasteiger partial charge in [0.15, 0.2) is 0 Å². The Bertz CT molecular complexity index is 1360. The minimum atomic E-state index is -0.798. The van der Waals surface area contributed by atoms with E-state index in [9.17, 15) is 14.4 Å². The number of benzene rings is 2. The molecule has 0 radical (unpaired) electrons. The maximum atomic E-state index is 12.4. The van der Waals surface area contributed by atoms with Gasteiger partial charge in [0.1, 0.15) is 34.2 Å². The second-order valence-electron chi connectivity index (χ2n) is 7.51. The number of furan rings is 1. The lowest BCUT2D eigenvalue weighted by molar-refractivity contribution is -0.134. The number of fused-ring (bicyclic) bond motifs is 1. The molecule has 0 fully saturated rings. The van der Waals surface area contributed by atoms with Crippen molar-refractivity contribution in [2.24, 2.45) is 0 Å². The predicted octanol–water partition coefficient (Wildman–Crippen LogP) is 4.09. The molecule has 0 spiro atoms. The summed E-state index contributed by atoms with van der Waals surface area (Å²) in [4.78, 5) is 36.9. The van der Waals surface area contributed by atoms with Gasteiger partial charge in [-0.3, -0.25) is 9.59 Å². The normalized spacial score (nSPS) is 10.7. The van der Waals surface area contributed by atoms with Gasteiger partial charge in [-0.1, -0.05) is 0 Å². The SMILES string of the molecule is COc1ccc(OCCCC(=O)Oc2ccc3cc(C(=O)NCc4ccco4)c(=O)oc3c2)cc1. The number of hydrogen-bond acceptors (Lipinski definition) is 8. The third-order valence-electron chi connectivity index (χ3n) is 5.04. The van der Waals surface area contributed by atoms with Crippen molar-refractivity contribution in [2.45, 2.75) is 19.4 Å². The molecule has 2 aromatic heterocycles. The zero-order valence-electron chi connectivity index (χ0n) is 18.9. The van der Waals surface area contributed by atoms with E-state index in [1.807, 2.05) is 0 Å². The number of amides is 1. The molecule has 180 valence electrons. The molecule has 2 aromatic carbocycles. The molecule has 1 N–H and O–H groups in total. The number of carbonyl (C=O) groups excluding carboxylic acids is 2. The molecule has 2 heterocycles. The van der Waals surface area contributed by atoms with Crippen molar-refractivity contribution in [3.05, 3.63) is 88.7 Å². The highest BCUT2D eigenvalue weighted by atomic mass is 16.5. The van der Waals surface area contributed by atoms with Crippen molar-refractivity contribution in [2.75, 3.05) is 13.7 Å². The van der Waals surface area contributed by atoms with Gasteiger partial charge in [0.2, 0.25) is 0 Å². The fourth-order valence-corrected chi connectivity index (χ4v) is 3.25. The molecular formula is C26H23NO8. The fourth-order valence-electron chi connectivity index (χ4n) is 3.25. The summed E-state index contributed by atoms with van der Waals surface area (Å²) in [6, 6.07) is 16.6. The molecule has 0 saturated heterocycles. The maximum Gasteiger partial charge on any atom is 0.349 e. The Hall–Kier alpha value is -4.53. The molecule has 0 aliphatic heterocycles. The Morgan fingerprint density at radius 1 is 0.971 bits per heavy atom. The minimum absolute atomic E-state index is 0.134. The number of esters is 1. The van der Waals surface area contributed by atoms with Crippen LogP contribution in [0.25, 0.3) is 11.0 Å². The van der Waals surface area contributed by atoms with E-state index in [1.54, 1.807) is 55.6 Å². The topological polar surface area (TPSA) is 117 Å². The average Bonchev–Trinajstić information content (AvgIpc) is 3.39. The first-order valence-corrected chi connectivity index (χ1v) is 10.9. The molecule has 0 atom stereocenters. The summed E-state index contributed by atoms with van der Waals surface area (Å²) in [5.41, 5.74) is -0.731. The molecule has 0 unspecified atom stereocenters. The van der Waals surface area contributed by atoms with Crippen LogP contribution in [0.15, 0.2) is 80.6 Å². The number of nitrogens with one attached hydrogen (secondary N) is 1. The van der Waals surface area contributed by atoms with E-state index in [0.717, 1.165) is 5.75 Å². The number of carbonyl (C=O) groups is 2. The molecule has 9 heteroatoms. The molecule has 0 aliphatic carbocycles. The summed E-state index contributed by atoms with van der Waals surface area (Å²) in [7, 11) is 1.59. The van der Waals surface area contributed by atoms with E-state index in [-0.39, 0.29) is 29.9 Å². The second-order valence-corrected chi connectivity index (χ2v) is 7.51. The number of hydrogen-bond donors (Lipinski definition) is 1. The lowest BCUT2D eigenvalue weighted by Gasteiger charge is -2.08. The van der Waals surface area contributed by atoms with Crippen LogP contribution in [0.4, 0.5) is 0 Å².